The second-order valence-corrected chi connectivity index (χ2v) is 4.67. The molecule has 4 nitrogen and oxygen atoms in total. The first kappa shape index (κ1) is 15.7. The van der Waals surface area contributed by atoms with Gasteiger partial charge in [0, 0.05) is 5.69 Å². The van der Waals surface area contributed by atoms with Crippen molar-refractivity contribution in [3.63, 3.8) is 0 Å². The van der Waals surface area contributed by atoms with Crippen LogP contribution in [0.2, 0.25) is 0 Å². The summed E-state index contributed by atoms with van der Waals surface area (Å²) >= 11 is 0. The normalized spacial score (nSPS) is 11.1. The highest BCUT2D eigenvalue weighted by Gasteiger charge is 2.03. The molecule has 0 unspecified atom stereocenters. The first-order chi connectivity index (χ1) is 10.7. The second-order valence-electron chi connectivity index (χ2n) is 4.67. The molecule has 0 spiro atoms. The van der Waals surface area contributed by atoms with Crippen molar-refractivity contribution >= 4 is 17.3 Å². The summed E-state index contributed by atoms with van der Waals surface area (Å²) in [6, 6.07) is 15.5. The van der Waals surface area contributed by atoms with Crippen molar-refractivity contribution in [3.8, 4) is 0 Å². The van der Waals surface area contributed by atoms with Gasteiger partial charge in [-0.3, -0.25) is 4.79 Å². The van der Waals surface area contributed by atoms with Crippen molar-refractivity contribution in [3.05, 3.63) is 66.0 Å². The summed E-state index contributed by atoms with van der Waals surface area (Å²) in [5.74, 6) is -0.568. The van der Waals surface area contributed by atoms with Gasteiger partial charge in [-0.25, -0.2) is 9.82 Å². The summed E-state index contributed by atoms with van der Waals surface area (Å²) < 4.78 is 12.8. The number of carbonyl (C=O) groups is 1. The number of nitrogens with one attached hydrogen (secondary N) is 2. The van der Waals surface area contributed by atoms with Gasteiger partial charge < -0.3 is 5.32 Å². The number of amides is 1. The molecule has 5 heteroatoms. The lowest BCUT2D eigenvalue weighted by Crippen LogP contribution is -2.27. The third kappa shape index (κ3) is 4.70. The Morgan fingerprint density at radius 1 is 1.09 bits per heavy atom. The van der Waals surface area contributed by atoms with Crippen LogP contribution in [-0.4, -0.2) is 18.2 Å². The Balaban J connectivity index is 1.88. The van der Waals surface area contributed by atoms with Gasteiger partial charge in [-0.15, -0.1) is 0 Å². The number of anilines is 1. The van der Waals surface area contributed by atoms with Gasteiger partial charge in [0.1, 0.15) is 5.82 Å². The van der Waals surface area contributed by atoms with Crippen LogP contribution >= 0.6 is 0 Å². The molecule has 0 saturated heterocycles. The van der Waals surface area contributed by atoms with E-state index in [1.54, 1.807) is 12.1 Å². The van der Waals surface area contributed by atoms with Crippen LogP contribution in [0.3, 0.4) is 0 Å². The fraction of sp³-hybridized carbons (Fsp3) is 0.176. The third-order valence-corrected chi connectivity index (χ3v) is 3.05. The highest BCUT2D eigenvalue weighted by Crippen LogP contribution is 2.07. The molecule has 0 radical (unpaired) electrons. The van der Waals surface area contributed by atoms with E-state index in [-0.39, 0.29) is 18.3 Å². The maximum absolute atomic E-state index is 12.8. The Morgan fingerprint density at radius 3 is 2.41 bits per heavy atom. The summed E-state index contributed by atoms with van der Waals surface area (Å²) in [5, 5.41) is 7.06. The fourth-order valence-electron chi connectivity index (χ4n) is 1.90. The molecule has 2 aromatic carbocycles. The van der Waals surface area contributed by atoms with Crippen LogP contribution in [0.4, 0.5) is 10.1 Å². The summed E-state index contributed by atoms with van der Waals surface area (Å²) in [5.41, 5.74) is 5.00. The highest BCUT2D eigenvalue weighted by atomic mass is 19.1. The SMILES string of the molecule is CC/C(=N\NC(=O)CNc1ccc(F)cc1)c1ccccc1. The van der Waals surface area contributed by atoms with Crippen molar-refractivity contribution < 1.29 is 9.18 Å². The van der Waals surface area contributed by atoms with E-state index in [0.29, 0.717) is 5.69 Å². The van der Waals surface area contributed by atoms with Gasteiger partial charge >= 0.3 is 0 Å². The minimum absolute atomic E-state index is 0.0704. The molecule has 0 aliphatic carbocycles. The van der Waals surface area contributed by atoms with E-state index in [1.165, 1.54) is 12.1 Å². The number of rotatable bonds is 6. The van der Waals surface area contributed by atoms with E-state index in [2.05, 4.69) is 15.8 Å². The smallest absolute Gasteiger partial charge is 0.259 e. The van der Waals surface area contributed by atoms with Gasteiger partial charge in [0.15, 0.2) is 0 Å². The van der Waals surface area contributed by atoms with Crippen LogP contribution < -0.4 is 10.7 Å². The van der Waals surface area contributed by atoms with E-state index >= 15 is 0 Å². The Labute approximate surface area is 129 Å². The fourth-order valence-corrected chi connectivity index (χ4v) is 1.90. The van der Waals surface area contributed by atoms with Crippen LogP contribution in [0.15, 0.2) is 59.7 Å². The second kappa shape index (κ2) is 7.93. The number of halogens is 1. The van der Waals surface area contributed by atoms with Gasteiger partial charge in [0.25, 0.3) is 5.91 Å². The van der Waals surface area contributed by atoms with E-state index in [4.69, 9.17) is 0 Å². The van der Waals surface area contributed by atoms with E-state index in [1.807, 2.05) is 37.3 Å². The van der Waals surface area contributed by atoms with Crippen molar-refractivity contribution in [1.29, 1.82) is 0 Å². The van der Waals surface area contributed by atoms with Gasteiger partial charge in [-0.2, -0.15) is 5.10 Å². The number of carbonyl (C=O) groups excluding carboxylic acids is 1. The molecule has 0 saturated carbocycles. The summed E-state index contributed by atoms with van der Waals surface area (Å²) in [6.07, 6.45) is 0.718. The lowest BCUT2D eigenvalue weighted by molar-refractivity contribution is -0.119. The third-order valence-electron chi connectivity index (χ3n) is 3.05. The molecular formula is C17H18FN3O. The molecule has 0 bridgehead atoms. The molecule has 0 heterocycles. The van der Waals surface area contributed by atoms with Crippen LogP contribution in [0.25, 0.3) is 0 Å². The monoisotopic (exact) mass is 299 g/mol. The van der Waals surface area contributed by atoms with Gasteiger partial charge in [-0.1, -0.05) is 37.3 Å². The van der Waals surface area contributed by atoms with Crippen molar-refractivity contribution in [1.82, 2.24) is 5.43 Å². The summed E-state index contributed by atoms with van der Waals surface area (Å²) in [4.78, 5) is 11.8. The predicted molar refractivity (Wildman–Crippen MR) is 86.3 cm³/mol. The molecule has 0 aromatic heterocycles. The topological polar surface area (TPSA) is 53.5 Å². The molecular weight excluding hydrogens is 281 g/mol. The molecule has 22 heavy (non-hydrogen) atoms. The lowest BCUT2D eigenvalue weighted by atomic mass is 10.1. The van der Waals surface area contributed by atoms with Crippen LogP contribution in [0.1, 0.15) is 18.9 Å². The largest absolute Gasteiger partial charge is 0.376 e. The first-order valence-corrected chi connectivity index (χ1v) is 7.09. The van der Waals surface area contributed by atoms with Crippen molar-refractivity contribution in [2.45, 2.75) is 13.3 Å². The maximum Gasteiger partial charge on any atom is 0.259 e. The highest BCUT2D eigenvalue weighted by molar-refractivity contribution is 6.00. The Kier molecular flexibility index (Phi) is 5.65. The number of benzene rings is 2. The molecule has 0 aliphatic heterocycles. The van der Waals surface area contributed by atoms with E-state index in [9.17, 15) is 9.18 Å². The molecule has 0 aliphatic rings. The number of hydrazone groups is 1. The minimum atomic E-state index is -0.310. The van der Waals surface area contributed by atoms with Gasteiger partial charge in [0.05, 0.1) is 12.3 Å². The Hall–Kier alpha value is -2.69. The number of hydrogen-bond donors (Lipinski definition) is 2. The minimum Gasteiger partial charge on any atom is -0.376 e. The Morgan fingerprint density at radius 2 is 1.77 bits per heavy atom. The number of nitrogens with zero attached hydrogens (tertiary/aromatic N) is 1. The standard InChI is InChI=1S/C17H18FN3O/c1-2-16(13-6-4-3-5-7-13)20-21-17(22)12-19-15-10-8-14(18)9-11-15/h3-11,19H,2,12H2,1H3,(H,21,22)/b20-16+. The molecule has 2 rings (SSSR count). The van der Waals surface area contributed by atoms with E-state index in [0.717, 1.165) is 17.7 Å². The predicted octanol–water partition coefficient (Wildman–Crippen LogP) is 3.17. The van der Waals surface area contributed by atoms with Crippen molar-refractivity contribution in [2.75, 3.05) is 11.9 Å². The molecule has 0 fully saturated rings. The van der Waals surface area contributed by atoms with Crippen molar-refractivity contribution in [2.24, 2.45) is 5.10 Å². The molecule has 1 amide bonds. The maximum atomic E-state index is 12.8. The Bertz CT molecular complexity index is 639. The zero-order valence-electron chi connectivity index (χ0n) is 12.3. The molecule has 0 atom stereocenters. The zero-order valence-corrected chi connectivity index (χ0v) is 12.3. The average Bonchev–Trinajstić information content (AvgIpc) is 2.56. The first-order valence-electron chi connectivity index (χ1n) is 7.09. The van der Waals surface area contributed by atoms with E-state index < -0.39 is 0 Å². The summed E-state index contributed by atoms with van der Waals surface area (Å²) in [6.45, 7) is 2.05. The quantitative estimate of drug-likeness (QED) is 0.636. The van der Waals surface area contributed by atoms with Crippen LogP contribution in [0.5, 0.6) is 0 Å². The lowest BCUT2D eigenvalue weighted by Gasteiger charge is -2.07. The van der Waals surface area contributed by atoms with Crippen LogP contribution in [0, 0.1) is 5.82 Å². The molecule has 114 valence electrons. The van der Waals surface area contributed by atoms with Gasteiger partial charge in [-0.05, 0) is 36.2 Å². The van der Waals surface area contributed by atoms with Crippen LogP contribution in [-0.2, 0) is 4.79 Å². The number of hydrogen-bond acceptors (Lipinski definition) is 3. The molecule has 2 N–H and O–H groups in total. The zero-order chi connectivity index (χ0) is 15.8. The average molecular weight is 299 g/mol. The van der Waals surface area contributed by atoms with Gasteiger partial charge in [0.2, 0.25) is 0 Å². The molecule has 2 aromatic rings. The summed E-state index contributed by atoms with van der Waals surface area (Å²) in [7, 11) is 0.